The number of benzene rings is 2. The lowest BCUT2D eigenvalue weighted by molar-refractivity contribution is -0.118. The monoisotopic (exact) mass is 527 g/mol. The van der Waals surface area contributed by atoms with E-state index in [1.807, 2.05) is 41.3 Å². The van der Waals surface area contributed by atoms with Gasteiger partial charge in [0.05, 0.1) is 16.6 Å². The van der Waals surface area contributed by atoms with Gasteiger partial charge >= 0.3 is 5.97 Å². The lowest BCUT2D eigenvalue weighted by Gasteiger charge is -2.36. The number of H-pyrrole nitrogens is 1. The van der Waals surface area contributed by atoms with Gasteiger partial charge in [-0.1, -0.05) is 42.5 Å². The zero-order chi connectivity index (χ0) is 27.4. The summed E-state index contributed by atoms with van der Waals surface area (Å²) in [4.78, 5) is 52.6. The molecule has 0 saturated carbocycles. The topological polar surface area (TPSA) is 144 Å². The molecule has 2 aromatic carbocycles. The summed E-state index contributed by atoms with van der Waals surface area (Å²) in [5, 5.41) is 16.2. The first-order valence-corrected chi connectivity index (χ1v) is 12.7. The Morgan fingerprint density at radius 2 is 1.67 bits per heavy atom. The number of aromatic nitrogens is 3. The molecule has 4 aromatic rings. The van der Waals surface area contributed by atoms with Crippen LogP contribution in [0.15, 0.2) is 60.7 Å². The van der Waals surface area contributed by atoms with E-state index < -0.39 is 5.97 Å². The van der Waals surface area contributed by atoms with E-state index in [0.717, 1.165) is 5.56 Å². The van der Waals surface area contributed by atoms with Crippen LogP contribution >= 0.6 is 0 Å². The van der Waals surface area contributed by atoms with Crippen LogP contribution in [0.5, 0.6) is 0 Å². The number of rotatable bonds is 8. The standard InChI is InChI=1S/C28H29N7O4/c1-18(36)29-11-12-30-25-21-17-22(31-26(21)33-24(32-25)19-7-3-2-4-8-19)27(37)35-15-13-34(14-16-35)23-10-6-5-9-20(23)28(38)39/h2-10,17H,11-16H2,1H3,(H,29,36)(H,38,39)(H2,30,31,32,33). The summed E-state index contributed by atoms with van der Waals surface area (Å²) in [6.45, 7) is 4.27. The van der Waals surface area contributed by atoms with Crippen molar-refractivity contribution < 1.29 is 19.5 Å². The maximum atomic E-state index is 13.5. The van der Waals surface area contributed by atoms with Gasteiger partial charge in [-0.05, 0) is 18.2 Å². The molecular weight excluding hydrogens is 498 g/mol. The van der Waals surface area contributed by atoms with Gasteiger partial charge in [0.25, 0.3) is 5.91 Å². The first kappa shape index (κ1) is 25.7. The van der Waals surface area contributed by atoms with Crippen molar-refractivity contribution in [2.75, 3.05) is 49.5 Å². The molecule has 11 heteroatoms. The number of fused-ring (bicyclic) bond motifs is 1. The number of nitrogens with one attached hydrogen (secondary N) is 3. The predicted octanol–water partition coefficient (Wildman–Crippen LogP) is 2.83. The minimum absolute atomic E-state index is 0.115. The summed E-state index contributed by atoms with van der Waals surface area (Å²) in [7, 11) is 0. The number of carbonyl (C=O) groups excluding carboxylic acids is 2. The summed E-state index contributed by atoms with van der Waals surface area (Å²) in [5.41, 5.74) is 2.67. The van der Waals surface area contributed by atoms with E-state index in [1.165, 1.54) is 6.92 Å². The normalized spacial score (nSPS) is 13.4. The van der Waals surface area contributed by atoms with E-state index in [0.29, 0.717) is 73.3 Å². The fourth-order valence-corrected chi connectivity index (χ4v) is 4.65. The molecule has 3 heterocycles. The number of nitrogens with zero attached hydrogens (tertiary/aromatic N) is 4. The molecular formula is C28H29N7O4. The number of anilines is 2. The molecule has 0 aliphatic carbocycles. The van der Waals surface area contributed by atoms with Gasteiger partial charge < -0.3 is 30.5 Å². The van der Waals surface area contributed by atoms with Gasteiger partial charge in [-0.15, -0.1) is 0 Å². The van der Waals surface area contributed by atoms with Crippen LogP contribution in [0.2, 0.25) is 0 Å². The minimum Gasteiger partial charge on any atom is -0.478 e. The first-order valence-electron chi connectivity index (χ1n) is 12.7. The number of hydrogen-bond acceptors (Lipinski definition) is 7. The van der Waals surface area contributed by atoms with Crippen molar-refractivity contribution in [2.24, 2.45) is 0 Å². The van der Waals surface area contributed by atoms with Crippen molar-refractivity contribution in [1.82, 2.24) is 25.2 Å². The number of carbonyl (C=O) groups is 3. The van der Waals surface area contributed by atoms with E-state index in [-0.39, 0.29) is 17.4 Å². The number of carboxylic acids is 1. The maximum Gasteiger partial charge on any atom is 0.337 e. The molecule has 1 fully saturated rings. The Balaban J connectivity index is 1.36. The fourth-order valence-electron chi connectivity index (χ4n) is 4.65. The highest BCUT2D eigenvalue weighted by molar-refractivity contribution is 6.00. The van der Waals surface area contributed by atoms with Crippen molar-refractivity contribution in [3.05, 3.63) is 71.9 Å². The summed E-state index contributed by atoms with van der Waals surface area (Å²) < 4.78 is 0. The molecule has 1 aliphatic heterocycles. The van der Waals surface area contributed by atoms with Gasteiger partial charge in [0.15, 0.2) is 5.82 Å². The van der Waals surface area contributed by atoms with E-state index in [1.54, 1.807) is 29.2 Å². The number of piperazine rings is 1. The third-order valence-corrected chi connectivity index (χ3v) is 6.58. The van der Waals surface area contributed by atoms with Gasteiger partial charge in [-0.25, -0.2) is 14.8 Å². The molecule has 2 amide bonds. The SMILES string of the molecule is CC(=O)NCCNc1nc(-c2ccccc2)nc2[nH]c(C(=O)N3CCN(c4ccccc4C(=O)O)CC3)cc12. The van der Waals surface area contributed by atoms with E-state index in [2.05, 4.69) is 20.6 Å². The number of hydrogen-bond donors (Lipinski definition) is 4. The molecule has 0 radical (unpaired) electrons. The van der Waals surface area contributed by atoms with E-state index >= 15 is 0 Å². The molecule has 200 valence electrons. The first-order chi connectivity index (χ1) is 18.9. The van der Waals surface area contributed by atoms with Crippen LogP contribution in [-0.2, 0) is 4.79 Å². The molecule has 1 saturated heterocycles. The number of aromatic carboxylic acids is 1. The zero-order valence-electron chi connectivity index (χ0n) is 21.5. The Morgan fingerprint density at radius 3 is 2.38 bits per heavy atom. The molecule has 4 N–H and O–H groups in total. The second-order valence-corrected chi connectivity index (χ2v) is 9.22. The Kier molecular flexibility index (Phi) is 7.39. The third-order valence-electron chi connectivity index (χ3n) is 6.58. The fraction of sp³-hybridized carbons (Fsp3) is 0.250. The van der Waals surface area contributed by atoms with Gasteiger partial charge in [-0.2, -0.15) is 0 Å². The molecule has 0 unspecified atom stereocenters. The van der Waals surface area contributed by atoms with Crippen LogP contribution in [0.1, 0.15) is 27.8 Å². The Hall–Kier alpha value is -4.93. The molecule has 0 spiro atoms. The highest BCUT2D eigenvalue weighted by Gasteiger charge is 2.26. The molecule has 11 nitrogen and oxygen atoms in total. The van der Waals surface area contributed by atoms with Crippen molar-refractivity contribution in [2.45, 2.75) is 6.92 Å². The minimum atomic E-state index is -0.973. The molecule has 2 aromatic heterocycles. The molecule has 1 aliphatic rings. The van der Waals surface area contributed by atoms with Crippen molar-refractivity contribution in [3.8, 4) is 11.4 Å². The maximum absolute atomic E-state index is 13.5. The van der Waals surface area contributed by atoms with Crippen LogP contribution < -0.4 is 15.5 Å². The lowest BCUT2D eigenvalue weighted by atomic mass is 10.1. The van der Waals surface area contributed by atoms with Gasteiger partial charge in [0, 0.05) is 51.8 Å². The number of aromatic amines is 1. The highest BCUT2D eigenvalue weighted by Crippen LogP contribution is 2.27. The van der Waals surface area contributed by atoms with Crippen LogP contribution in [0.3, 0.4) is 0 Å². The second kappa shape index (κ2) is 11.2. The molecule has 0 bridgehead atoms. The lowest BCUT2D eigenvalue weighted by Crippen LogP contribution is -2.49. The zero-order valence-corrected chi connectivity index (χ0v) is 21.5. The van der Waals surface area contributed by atoms with Crippen LogP contribution in [0, 0.1) is 0 Å². The van der Waals surface area contributed by atoms with E-state index in [4.69, 9.17) is 4.98 Å². The predicted molar refractivity (Wildman–Crippen MR) is 148 cm³/mol. The average Bonchev–Trinajstić information content (AvgIpc) is 3.40. The average molecular weight is 528 g/mol. The van der Waals surface area contributed by atoms with Crippen LogP contribution in [0.25, 0.3) is 22.4 Å². The Labute approximate surface area is 224 Å². The van der Waals surface area contributed by atoms with Crippen LogP contribution in [-0.4, -0.2) is 82.0 Å². The summed E-state index contributed by atoms with van der Waals surface area (Å²) in [6, 6.07) is 18.2. The Morgan fingerprint density at radius 1 is 0.949 bits per heavy atom. The van der Waals surface area contributed by atoms with Crippen molar-refractivity contribution >= 4 is 40.3 Å². The second-order valence-electron chi connectivity index (χ2n) is 9.22. The number of carboxylic acid groups (broad SMARTS) is 1. The largest absolute Gasteiger partial charge is 0.478 e. The highest BCUT2D eigenvalue weighted by atomic mass is 16.4. The molecule has 5 rings (SSSR count). The Bertz CT molecular complexity index is 1510. The smallest absolute Gasteiger partial charge is 0.337 e. The molecule has 0 atom stereocenters. The third kappa shape index (κ3) is 5.66. The number of para-hydroxylation sites is 1. The summed E-state index contributed by atoms with van der Waals surface area (Å²) >= 11 is 0. The quantitative estimate of drug-likeness (QED) is 0.256. The van der Waals surface area contributed by atoms with Gasteiger partial charge in [0.2, 0.25) is 5.91 Å². The van der Waals surface area contributed by atoms with Gasteiger partial charge in [0.1, 0.15) is 17.2 Å². The van der Waals surface area contributed by atoms with Gasteiger partial charge in [-0.3, -0.25) is 9.59 Å². The van der Waals surface area contributed by atoms with Crippen LogP contribution in [0.4, 0.5) is 11.5 Å². The summed E-state index contributed by atoms with van der Waals surface area (Å²) in [6.07, 6.45) is 0. The molecule has 39 heavy (non-hydrogen) atoms. The van der Waals surface area contributed by atoms with Crippen molar-refractivity contribution in [1.29, 1.82) is 0 Å². The van der Waals surface area contributed by atoms with E-state index in [9.17, 15) is 19.5 Å². The number of amides is 2. The van der Waals surface area contributed by atoms with Crippen molar-refractivity contribution in [3.63, 3.8) is 0 Å². The summed E-state index contributed by atoms with van der Waals surface area (Å²) in [5.74, 6) is -0.175.